The van der Waals surface area contributed by atoms with Crippen molar-refractivity contribution in [2.45, 2.75) is 0 Å². The third kappa shape index (κ3) is 4.64. The summed E-state index contributed by atoms with van der Waals surface area (Å²) in [6, 6.07) is 14.2. The number of hydrogen-bond donors (Lipinski definition) is 1. The number of H-pyrrole nitrogens is 1. The Morgan fingerprint density at radius 2 is 1.82 bits per heavy atom. The van der Waals surface area contributed by atoms with Crippen LogP contribution in [0.25, 0.3) is 43.1 Å². The highest BCUT2D eigenvalue weighted by molar-refractivity contribution is 7.22. The number of fused-ring (bicyclic) bond motifs is 2. The minimum atomic E-state index is 0.0924. The molecular weight excluding hydrogens is 510 g/mol. The smallest absolute Gasteiger partial charge is 0.253 e. The van der Waals surface area contributed by atoms with Crippen molar-refractivity contribution < 1.29 is 9.53 Å². The van der Waals surface area contributed by atoms with Gasteiger partial charge in [-0.05, 0) is 42.9 Å². The van der Waals surface area contributed by atoms with Crippen LogP contribution in [0.3, 0.4) is 0 Å². The number of piperazine rings is 1. The average Bonchev–Trinajstić information content (AvgIpc) is 3.64. The average molecular weight is 540 g/mol. The Kier molecular flexibility index (Phi) is 6.22. The maximum atomic E-state index is 13.3. The lowest BCUT2D eigenvalue weighted by Crippen LogP contribution is -2.47. The van der Waals surface area contributed by atoms with Gasteiger partial charge < -0.3 is 24.4 Å². The van der Waals surface area contributed by atoms with Crippen molar-refractivity contribution >= 4 is 44.3 Å². The highest BCUT2D eigenvalue weighted by atomic mass is 32.1. The molecule has 10 heteroatoms. The second-order valence-corrected chi connectivity index (χ2v) is 11.1. The lowest BCUT2D eigenvalue weighted by molar-refractivity contribution is 0.0664. The maximum Gasteiger partial charge on any atom is 0.253 e. The van der Waals surface area contributed by atoms with Crippen molar-refractivity contribution in [3.05, 3.63) is 60.4 Å². The predicted octanol–water partition coefficient (Wildman–Crippen LogP) is 4.13. The Balaban J connectivity index is 1.29. The summed E-state index contributed by atoms with van der Waals surface area (Å²) < 4.78 is 5.62. The lowest BCUT2D eigenvalue weighted by atomic mass is 10.1. The van der Waals surface area contributed by atoms with E-state index in [0.717, 1.165) is 87.9 Å². The van der Waals surface area contributed by atoms with Crippen LogP contribution in [0.4, 0.5) is 5.82 Å². The molecule has 4 aromatic heterocycles. The summed E-state index contributed by atoms with van der Waals surface area (Å²) in [5.74, 6) is 1.67. The number of rotatable bonds is 4. The number of nitrogens with zero attached hydrogens (tertiary/aromatic N) is 6. The molecule has 2 aliphatic heterocycles. The number of aromatic amines is 1. The van der Waals surface area contributed by atoms with Gasteiger partial charge in [-0.15, -0.1) is 11.3 Å². The zero-order valence-corrected chi connectivity index (χ0v) is 22.6. The summed E-state index contributed by atoms with van der Waals surface area (Å²) in [5, 5.41) is 2.05. The number of hydrogen-bond acceptors (Lipinski definition) is 8. The fourth-order valence-corrected chi connectivity index (χ4v) is 6.28. The Labute approximate surface area is 230 Å². The summed E-state index contributed by atoms with van der Waals surface area (Å²) in [7, 11) is 2.10. The van der Waals surface area contributed by atoms with E-state index in [1.54, 1.807) is 11.3 Å². The van der Waals surface area contributed by atoms with E-state index in [0.29, 0.717) is 19.0 Å². The first-order valence-corrected chi connectivity index (χ1v) is 14.1. The monoisotopic (exact) mass is 539 g/mol. The second kappa shape index (κ2) is 10.0. The van der Waals surface area contributed by atoms with E-state index in [2.05, 4.69) is 45.0 Å². The molecule has 1 aromatic carbocycles. The fourth-order valence-electron chi connectivity index (χ4n) is 5.25. The molecule has 2 aliphatic rings. The molecule has 0 bridgehead atoms. The largest absolute Gasteiger partial charge is 0.378 e. The number of carbonyl (C=O) groups is 1. The number of nitrogens with one attached hydrogen (secondary N) is 1. The van der Waals surface area contributed by atoms with Crippen LogP contribution in [0, 0.1) is 0 Å². The normalized spacial score (nSPS) is 16.8. The zero-order chi connectivity index (χ0) is 26.3. The van der Waals surface area contributed by atoms with Gasteiger partial charge in [0.2, 0.25) is 0 Å². The van der Waals surface area contributed by atoms with E-state index < -0.39 is 0 Å². The molecule has 1 N–H and O–H groups in total. The highest BCUT2D eigenvalue weighted by Gasteiger charge is 2.23. The third-order valence-electron chi connectivity index (χ3n) is 7.53. The molecule has 39 heavy (non-hydrogen) atoms. The molecule has 0 radical (unpaired) electrons. The van der Waals surface area contributed by atoms with Gasteiger partial charge in [-0.3, -0.25) is 4.79 Å². The number of likely N-dealkylation sites (N-methyl/N-ethyl adjacent to an activating group) is 1. The van der Waals surface area contributed by atoms with Crippen LogP contribution < -0.4 is 4.90 Å². The number of thiophene rings is 1. The van der Waals surface area contributed by atoms with E-state index in [4.69, 9.17) is 14.7 Å². The number of aromatic nitrogens is 4. The number of morpholine rings is 1. The van der Waals surface area contributed by atoms with Crippen LogP contribution in [0.1, 0.15) is 10.4 Å². The summed E-state index contributed by atoms with van der Waals surface area (Å²) in [4.78, 5) is 39.5. The Morgan fingerprint density at radius 1 is 0.974 bits per heavy atom. The van der Waals surface area contributed by atoms with Crippen LogP contribution in [-0.4, -0.2) is 95.2 Å². The first-order chi connectivity index (χ1) is 19.1. The van der Waals surface area contributed by atoms with Crippen LogP contribution >= 0.6 is 11.3 Å². The number of carbonyl (C=O) groups excluding carboxylic acids is 1. The van der Waals surface area contributed by atoms with E-state index in [1.165, 1.54) is 0 Å². The minimum Gasteiger partial charge on any atom is -0.378 e. The highest BCUT2D eigenvalue weighted by Crippen LogP contribution is 2.38. The summed E-state index contributed by atoms with van der Waals surface area (Å²) in [6.45, 7) is 6.22. The van der Waals surface area contributed by atoms with Crippen molar-refractivity contribution in [3.8, 4) is 21.8 Å². The van der Waals surface area contributed by atoms with Gasteiger partial charge in [0.25, 0.3) is 5.91 Å². The minimum absolute atomic E-state index is 0.0924. The zero-order valence-electron chi connectivity index (χ0n) is 21.8. The molecule has 1 amide bonds. The molecule has 198 valence electrons. The number of benzene rings is 1. The Hall–Kier alpha value is -3.86. The molecule has 5 aromatic rings. The summed E-state index contributed by atoms with van der Waals surface area (Å²) in [6.07, 6.45) is 3.71. The van der Waals surface area contributed by atoms with Crippen LogP contribution in [0.5, 0.6) is 0 Å². The van der Waals surface area contributed by atoms with Gasteiger partial charge in [0.05, 0.1) is 18.6 Å². The first-order valence-electron chi connectivity index (χ1n) is 13.3. The number of amides is 1. The first kappa shape index (κ1) is 24.2. The van der Waals surface area contributed by atoms with Crippen molar-refractivity contribution in [2.75, 3.05) is 64.4 Å². The van der Waals surface area contributed by atoms with E-state index in [-0.39, 0.29) is 5.91 Å². The van der Waals surface area contributed by atoms with E-state index >= 15 is 0 Å². The molecular formula is C29H29N7O2S. The van der Waals surface area contributed by atoms with Crippen molar-refractivity contribution in [2.24, 2.45) is 0 Å². The Bertz CT molecular complexity index is 1670. The lowest BCUT2D eigenvalue weighted by Gasteiger charge is -2.32. The van der Waals surface area contributed by atoms with E-state index in [1.807, 2.05) is 41.6 Å². The molecule has 2 saturated heterocycles. The molecule has 0 atom stereocenters. The molecule has 2 fully saturated rings. The molecule has 0 unspecified atom stereocenters. The quantitative estimate of drug-likeness (QED) is 0.367. The third-order valence-corrected chi connectivity index (χ3v) is 8.60. The van der Waals surface area contributed by atoms with Gasteiger partial charge in [0.15, 0.2) is 5.82 Å². The number of pyridine rings is 1. The van der Waals surface area contributed by atoms with Gasteiger partial charge in [0, 0.05) is 73.1 Å². The Morgan fingerprint density at radius 3 is 2.67 bits per heavy atom. The molecule has 7 rings (SSSR count). The van der Waals surface area contributed by atoms with Gasteiger partial charge in [-0.25, -0.2) is 15.0 Å². The van der Waals surface area contributed by atoms with Crippen molar-refractivity contribution in [3.63, 3.8) is 0 Å². The van der Waals surface area contributed by atoms with E-state index in [9.17, 15) is 4.79 Å². The van der Waals surface area contributed by atoms with Crippen LogP contribution in [0.15, 0.2) is 54.9 Å². The van der Waals surface area contributed by atoms with Crippen LogP contribution in [-0.2, 0) is 4.74 Å². The fraction of sp³-hybridized carbons (Fsp3) is 0.310. The van der Waals surface area contributed by atoms with Crippen molar-refractivity contribution in [1.82, 2.24) is 29.7 Å². The maximum absolute atomic E-state index is 13.3. The molecule has 6 heterocycles. The topological polar surface area (TPSA) is 90.5 Å². The standard InChI is InChI=1S/C29H29N7O2S/c1-34-7-9-36(10-8-34)29(37)21-4-2-3-19(15-21)24-17-23-27(35-11-13-38-14-12-35)32-26(33-28(23)39-24)22-16-20-5-6-30-25(20)31-18-22/h2-6,15-18H,7-14H2,1H3,(H,30,31). The summed E-state index contributed by atoms with van der Waals surface area (Å²) >= 11 is 1.63. The predicted molar refractivity (Wildman–Crippen MR) is 154 cm³/mol. The molecule has 0 saturated carbocycles. The molecule has 0 aliphatic carbocycles. The van der Waals surface area contributed by atoms with Gasteiger partial charge in [0.1, 0.15) is 16.3 Å². The SMILES string of the molecule is CN1CCN(C(=O)c2cccc(-c3cc4c(N5CCOCC5)nc(-c5cnc6[nH]ccc6c5)nc4s3)c2)CC1. The van der Waals surface area contributed by atoms with Gasteiger partial charge in [-0.2, -0.15) is 0 Å². The van der Waals surface area contributed by atoms with Crippen molar-refractivity contribution in [1.29, 1.82) is 0 Å². The van der Waals surface area contributed by atoms with Crippen LogP contribution in [0.2, 0.25) is 0 Å². The van der Waals surface area contributed by atoms with Gasteiger partial charge >= 0.3 is 0 Å². The molecule has 9 nitrogen and oxygen atoms in total. The van der Waals surface area contributed by atoms with Gasteiger partial charge in [-0.1, -0.05) is 12.1 Å². The summed E-state index contributed by atoms with van der Waals surface area (Å²) in [5.41, 5.74) is 3.47. The number of ether oxygens (including phenoxy) is 1. The second-order valence-electron chi connectivity index (χ2n) is 10.1. The number of anilines is 1. The molecule has 0 spiro atoms.